The van der Waals surface area contributed by atoms with Crippen molar-refractivity contribution in [2.45, 2.75) is 31.4 Å². The Morgan fingerprint density at radius 1 is 1.71 bits per heavy atom. The quantitative estimate of drug-likeness (QED) is 0.835. The van der Waals surface area contributed by atoms with E-state index in [1.54, 1.807) is 0 Å². The molecule has 0 amide bonds. The van der Waals surface area contributed by atoms with E-state index in [0.717, 1.165) is 22.9 Å². The normalized spacial score (nSPS) is 24.0. The molecule has 2 rings (SSSR count). The smallest absolute Gasteiger partial charge is 0.0931 e. The molecule has 0 saturated carbocycles. The van der Waals surface area contributed by atoms with Gasteiger partial charge in [0.2, 0.25) is 0 Å². The number of hydrogen-bond acceptors (Lipinski definition) is 3. The molecule has 2 unspecified atom stereocenters. The van der Waals surface area contributed by atoms with Gasteiger partial charge in [-0.1, -0.05) is 11.6 Å². The van der Waals surface area contributed by atoms with Gasteiger partial charge in [0.25, 0.3) is 0 Å². The van der Waals surface area contributed by atoms with Crippen LogP contribution >= 0.6 is 22.9 Å². The molecule has 0 aliphatic carbocycles. The third kappa shape index (κ3) is 2.48. The summed E-state index contributed by atoms with van der Waals surface area (Å²) in [5.41, 5.74) is 1.14. The number of nitrogens with one attached hydrogen (secondary N) is 1. The molecule has 78 valence electrons. The molecule has 2 atom stereocenters. The number of thiophene rings is 1. The lowest BCUT2D eigenvalue weighted by Gasteiger charge is -2.17. The molecule has 1 aromatic heterocycles. The minimum atomic E-state index is -0.275. The van der Waals surface area contributed by atoms with Crippen molar-refractivity contribution in [3.8, 4) is 0 Å². The number of aliphatic hydroxyl groups excluding tert-OH is 1. The standard InChI is InChI=1S/C10H14ClNOS/c11-10-5-7(6-14-10)4-9(13)8-2-1-3-12-8/h5-6,8-9,12-13H,1-4H2. The number of aliphatic hydroxyl groups is 1. The summed E-state index contributed by atoms with van der Waals surface area (Å²) in [4.78, 5) is 0. The van der Waals surface area contributed by atoms with E-state index >= 15 is 0 Å². The molecule has 2 nitrogen and oxygen atoms in total. The molecule has 1 saturated heterocycles. The molecule has 1 fully saturated rings. The Hall–Kier alpha value is -0.0900. The minimum Gasteiger partial charge on any atom is -0.391 e. The van der Waals surface area contributed by atoms with Crippen LogP contribution in [-0.2, 0) is 6.42 Å². The van der Waals surface area contributed by atoms with E-state index in [4.69, 9.17) is 11.6 Å². The van der Waals surface area contributed by atoms with Gasteiger partial charge < -0.3 is 10.4 Å². The van der Waals surface area contributed by atoms with Gasteiger partial charge >= 0.3 is 0 Å². The average molecular weight is 232 g/mol. The number of rotatable bonds is 3. The Labute approximate surface area is 92.9 Å². The molecule has 14 heavy (non-hydrogen) atoms. The van der Waals surface area contributed by atoms with Gasteiger partial charge in [0.15, 0.2) is 0 Å². The summed E-state index contributed by atoms with van der Waals surface area (Å²) in [6, 6.07) is 2.21. The van der Waals surface area contributed by atoms with E-state index < -0.39 is 0 Å². The van der Waals surface area contributed by atoms with Gasteiger partial charge in [0, 0.05) is 12.5 Å². The third-order valence-corrected chi connectivity index (χ3v) is 3.77. The van der Waals surface area contributed by atoms with Gasteiger partial charge in [0.05, 0.1) is 10.4 Å². The fourth-order valence-electron chi connectivity index (χ4n) is 1.88. The van der Waals surface area contributed by atoms with Crippen molar-refractivity contribution in [3.05, 3.63) is 21.3 Å². The highest BCUT2D eigenvalue weighted by atomic mass is 35.5. The van der Waals surface area contributed by atoms with Crippen LogP contribution in [0, 0.1) is 0 Å². The fourth-order valence-corrected chi connectivity index (χ4v) is 2.80. The Kier molecular flexibility index (Phi) is 3.44. The molecule has 0 bridgehead atoms. The van der Waals surface area contributed by atoms with E-state index in [1.165, 1.54) is 17.8 Å². The van der Waals surface area contributed by atoms with Crippen molar-refractivity contribution >= 4 is 22.9 Å². The highest BCUT2D eigenvalue weighted by Gasteiger charge is 2.22. The summed E-state index contributed by atoms with van der Waals surface area (Å²) in [7, 11) is 0. The van der Waals surface area contributed by atoms with Crippen LogP contribution in [0.15, 0.2) is 11.4 Å². The Bertz CT molecular complexity index is 296. The Balaban J connectivity index is 1.90. The van der Waals surface area contributed by atoms with E-state index in [0.29, 0.717) is 6.42 Å². The van der Waals surface area contributed by atoms with Crippen molar-refractivity contribution < 1.29 is 5.11 Å². The first-order valence-corrected chi connectivity index (χ1v) is 6.16. The van der Waals surface area contributed by atoms with Gasteiger partial charge in [-0.15, -0.1) is 11.3 Å². The SMILES string of the molecule is OC(Cc1csc(Cl)c1)C1CCCN1. The summed E-state index contributed by atoms with van der Waals surface area (Å²) in [5.74, 6) is 0. The summed E-state index contributed by atoms with van der Waals surface area (Å²) >= 11 is 7.35. The van der Waals surface area contributed by atoms with Gasteiger partial charge in [0.1, 0.15) is 0 Å². The van der Waals surface area contributed by atoms with Gasteiger partial charge in [-0.3, -0.25) is 0 Å². The topological polar surface area (TPSA) is 32.3 Å². The molecule has 2 N–H and O–H groups in total. The van der Waals surface area contributed by atoms with Crippen molar-refractivity contribution in [3.63, 3.8) is 0 Å². The van der Waals surface area contributed by atoms with Crippen LogP contribution in [0.4, 0.5) is 0 Å². The Morgan fingerprint density at radius 3 is 3.14 bits per heavy atom. The largest absolute Gasteiger partial charge is 0.391 e. The monoisotopic (exact) mass is 231 g/mol. The second-order valence-corrected chi connectivity index (χ2v) is 5.28. The summed E-state index contributed by atoms with van der Waals surface area (Å²) in [6.07, 6.45) is 2.69. The highest BCUT2D eigenvalue weighted by Crippen LogP contribution is 2.22. The second-order valence-electron chi connectivity index (χ2n) is 3.73. The van der Waals surface area contributed by atoms with Crippen molar-refractivity contribution in [2.75, 3.05) is 6.54 Å². The zero-order valence-corrected chi connectivity index (χ0v) is 9.44. The lowest BCUT2D eigenvalue weighted by Crippen LogP contribution is -2.35. The lowest BCUT2D eigenvalue weighted by molar-refractivity contribution is 0.136. The maximum Gasteiger partial charge on any atom is 0.0931 e. The summed E-state index contributed by atoms with van der Waals surface area (Å²) in [5, 5.41) is 15.2. The molecule has 4 heteroatoms. The van der Waals surface area contributed by atoms with Crippen LogP contribution in [0.3, 0.4) is 0 Å². The third-order valence-electron chi connectivity index (χ3n) is 2.63. The van der Waals surface area contributed by atoms with E-state index in [9.17, 15) is 5.11 Å². The molecule has 1 aromatic rings. The zero-order valence-electron chi connectivity index (χ0n) is 7.87. The molecule has 2 heterocycles. The Morgan fingerprint density at radius 2 is 2.57 bits per heavy atom. The fraction of sp³-hybridized carbons (Fsp3) is 0.600. The van der Waals surface area contributed by atoms with Gasteiger partial charge in [-0.2, -0.15) is 0 Å². The number of halogens is 1. The first-order valence-electron chi connectivity index (χ1n) is 4.90. The van der Waals surface area contributed by atoms with E-state index in [-0.39, 0.29) is 12.1 Å². The van der Waals surface area contributed by atoms with Crippen molar-refractivity contribution in [1.82, 2.24) is 5.32 Å². The van der Waals surface area contributed by atoms with Crippen LogP contribution in [0.5, 0.6) is 0 Å². The highest BCUT2D eigenvalue weighted by molar-refractivity contribution is 7.14. The molecule has 0 spiro atoms. The molecular weight excluding hydrogens is 218 g/mol. The molecular formula is C10H14ClNOS. The van der Waals surface area contributed by atoms with Crippen LogP contribution in [-0.4, -0.2) is 23.8 Å². The first kappa shape index (κ1) is 10.4. The summed E-state index contributed by atoms with van der Waals surface area (Å²) < 4.78 is 0.798. The van der Waals surface area contributed by atoms with Crippen LogP contribution < -0.4 is 5.32 Å². The first-order chi connectivity index (χ1) is 6.75. The average Bonchev–Trinajstić information content (AvgIpc) is 2.75. The van der Waals surface area contributed by atoms with Gasteiger partial charge in [-0.25, -0.2) is 0 Å². The minimum absolute atomic E-state index is 0.272. The zero-order chi connectivity index (χ0) is 9.97. The van der Waals surface area contributed by atoms with Crippen LogP contribution in [0.1, 0.15) is 18.4 Å². The second kappa shape index (κ2) is 4.62. The maximum absolute atomic E-state index is 9.91. The van der Waals surface area contributed by atoms with Crippen LogP contribution in [0.2, 0.25) is 4.34 Å². The van der Waals surface area contributed by atoms with Crippen molar-refractivity contribution in [2.24, 2.45) is 0 Å². The summed E-state index contributed by atoms with van der Waals surface area (Å²) in [6.45, 7) is 1.03. The lowest BCUT2D eigenvalue weighted by atomic mass is 10.0. The maximum atomic E-state index is 9.91. The predicted molar refractivity (Wildman–Crippen MR) is 60.1 cm³/mol. The van der Waals surface area contributed by atoms with Crippen molar-refractivity contribution in [1.29, 1.82) is 0 Å². The molecule has 1 aliphatic rings. The molecule has 0 radical (unpaired) electrons. The predicted octanol–water partition coefficient (Wildman–Crippen LogP) is 2.06. The molecule has 0 aromatic carbocycles. The molecule has 1 aliphatic heterocycles. The van der Waals surface area contributed by atoms with E-state index in [2.05, 4.69) is 5.32 Å². The van der Waals surface area contributed by atoms with Gasteiger partial charge in [-0.05, 0) is 36.4 Å². The van der Waals surface area contributed by atoms with Crippen LogP contribution in [0.25, 0.3) is 0 Å². The van der Waals surface area contributed by atoms with E-state index in [1.807, 2.05) is 11.4 Å². The number of hydrogen-bond donors (Lipinski definition) is 2.